The van der Waals surface area contributed by atoms with Gasteiger partial charge in [0.1, 0.15) is 0 Å². The van der Waals surface area contributed by atoms with Crippen LogP contribution >= 0.6 is 0 Å². The Morgan fingerprint density at radius 3 is 2.89 bits per heavy atom. The van der Waals surface area contributed by atoms with Crippen molar-refractivity contribution in [1.82, 2.24) is 4.90 Å². The molecule has 0 unspecified atom stereocenters. The maximum absolute atomic E-state index is 11.6. The van der Waals surface area contributed by atoms with E-state index in [9.17, 15) is 15.0 Å². The summed E-state index contributed by atoms with van der Waals surface area (Å²) in [6, 6.07) is 0. The first-order chi connectivity index (χ1) is 12.9. The van der Waals surface area contributed by atoms with Crippen LogP contribution < -0.4 is 0 Å². The second-order valence-electron chi connectivity index (χ2n) is 8.15. The average molecular weight is 374 g/mol. The van der Waals surface area contributed by atoms with Crippen molar-refractivity contribution in [1.29, 1.82) is 0 Å². The number of rotatable bonds is 9. The molecule has 4 heteroatoms. The number of carbonyl (C=O) groups is 1. The van der Waals surface area contributed by atoms with Gasteiger partial charge in [-0.15, -0.1) is 11.8 Å². The molecule has 27 heavy (non-hydrogen) atoms. The number of aliphatic hydroxyl groups excluding tert-OH is 2. The molecule has 2 aliphatic carbocycles. The Hall–Kier alpha value is -1.57. The van der Waals surface area contributed by atoms with Gasteiger partial charge in [0.25, 0.3) is 0 Å². The van der Waals surface area contributed by atoms with Gasteiger partial charge in [0.05, 0.1) is 12.2 Å². The number of aliphatic hydroxyl groups is 2. The van der Waals surface area contributed by atoms with E-state index in [0.29, 0.717) is 31.1 Å². The Kier molecular flexibility index (Phi) is 8.60. The SMILES string of the molecule is CC#CCC[C@H](O)C=C[C@@H]1[C@H]2CC(CCCCC(=O)N(C)C)=C[C@H]2C[C@H]1O. The summed E-state index contributed by atoms with van der Waals surface area (Å²) in [7, 11) is 3.60. The van der Waals surface area contributed by atoms with E-state index in [-0.39, 0.29) is 17.9 Å². The second kappa shape index (κ2) is 10.7. The summed E-state index contributed by atoms with van der Waals surface area (Å²) in [5.74, 6) is 7.05. The minimum absolute atomic E-state index is 0.131. The highest BCUT2D eigenvalue weighted by molar-refractivity contribution is 5.75. The zero-order valence-corrected chi connectivity index (χ0v) is 17.0. The van der Waals surface area contributed by atoms with E-state index in [1.807, 2.05) is 19.1 Å². The fourth-order valence-electron chi connectivity index (χ4n) is 4.34. The van der Waals surface area contributed by atoms with Crippen molar-refractivity contribution >= 4 is 5.91 Å². The Bertz CT molecular complexity index is 611. The number of hydrogen-bond acceptors (Lipinski definition) is 3. The molecule has 1 amide bonds. The monoisotopic (exact) mass is 373 g/mol. The van der Waals surface area contributed by atoms with Crippen molar-refractivity contribution in [3.05, 3.63) is 23.8 Å². The molecule has 2 N–H and O–H groups in total. The van der Waals surface area contributed by atoms with Gasteiger partial charge < -0.3 is 15.1 Å². The lowest BCUT2D eigenvalue weighted by Gasteiger charge is -2.19. The van der Waals surface area contributed by atoms with Crippen LogP contribution in [0.15, 0.2) is 23.8 Å². The van der Waals surface area contributed by atoms with Crippen LogP contribution in [0.5, 0.6) is 0 Å². The van der Waals surface area contributed by atoms with Gasteiger partial charge in [-0.05, 0) is 57.3 Å². The third-order valence-corrected chi connectivity index (χ3v) is 5.88. The number of fused-ring (bicyclic) bond motifs is 1. The van der Waals surface area contributed by atoms with Gasteiger partial charge in [0.2, 0.25) is 5.91 Å². The molecule has 0 aliphatic heterocycles. The van der Waals surface area contributed by atoms with Gasteiger partial charge in [-0.1, -0.05) is 23.8 Å². The first-order valence-corrected chi connectivity index (χ1v) is 10.3. The van der Waals surface area contributed by atoms with Crippen molar-refractivity contribution in [3.8, 4) is 11.8 Å². The van der Waals surface area contributed by atoms with Crippen LogP contribution in [-0.4, -0.2) is 47.3 Å². The van der Waals surface area contributed by atoms with Crippen molar-refractivity contribution in [3.63, 3.8) is 0 Å². The Morgan fingerprint density at radius 2 is 2.19 bits per heavy atom. The van der Waals surface area contributed by atoms with E-state index in [1.54, 1.807) is 19.0 Å². The molecule has 150 valence electrons. The summed E-state index contributed by atoms with van der Waals surface area (Å²) in [4.78, 5) is 13.3. The molecule has 5 atom stereocenters. The molecule has 0 aromatic rings. The number of carbonyl (C=O) groups excluding carboxylic acids is 1. The summed E-state index contributed by atoms with van der Waals surface area (Å²) in [6.07, 6.45) is 12.3. The van der Waals surface area contributed by atoms with Crippen LogP contribution in [0.25, 0.3) is 0 Å². The predicted octanol–water partition coefficient (Wildman–Crippen LogP) is 3.30. The number of hydrogen-bond donors (Lipinski definition) is 2. The van der Waals surface area contributed by atoms with Gasteiger partial charge in [-0.2, -0.15) is 0 Å². The quantitative estimate of drug-likeness (QED) is 0.370. The summed E-state index contributed by atoms with van der Waals surface area (Å²) >= 11 is 0. The normalized spacial score (nSPS) is 27.8. The second-order valence-corrected chi connectivity index (χ2v) is 8.15. The van der Waals surface area contributed by atoms with E-state index >= 15 is 0 Å². The lowest BCUT2D eigenvalue weighted by atomic mass is 9.88. The minimum Gasteiger partial charge on any atom is -0.392 e. The third-order valence-electron chi connectivity index (χ3n) is 5.88. The summed E-state index contributed by atoms with van der Waals surface area (Å²) < 4.78 is 0. The fraction of sp³-hybridized carbons (Fsp3) is 0.696. The maximum Gasteiger partial charge on any atom is 0.222 e. The van der Waals surface area contributed by atoms with Crippen molar-refractivity contribution < 1.29 is 15.0 Å². The Labute approximate surface area is 164 Å². The Morgan fingerprint density at radius 1 is 1.41 bits per heavy atom. The van der Waals surface area contributed by atoms with Crippen LogP contribution in [0, 0.1) is 29.6 Å². The topological polar surface area (TPSA) is 60.8 Å². The molecule has 1 fully saturated rings. The zero-order chi connectivity index (χ0) is 19.8. The van der Waals surface area contributed by atoms with Gasteiger partial charge in [0.15, 0.2) is 0 Å². The van der Waals surface area contributed by atoms with Crippen molar-refractivity contribution in [2.24, 2.45) is 17.8 Å². The van der Waals surface area contributed by atoms with Gasteiger partial charge in [-0.25, -0.2) is 0 Å². The maximum atomic E-state index is 11.6. The molecular weight excluding hydrogens is 338 g/mol. The van der Waals surface area contributed by atoms with E-state index < -0.39 is 6.10 Å². The van der Waals surface area contributed by atoms with Crippen LogP contribution in [-0.2, 0) is 4.79 Å². The molecule has 0 saturated heterocycles. The molecule has 0 aromatic heterocycles. The highest BCUT2D eigenvalue weighted by Crippen LogP contribution is 2.48. The van der Waals surface area contributed by atoms with Crippen molar-refractivity contribution in [2.45, 2.75) is 70.5 Å². The molecule has 0 radical (unpaired) electrons. The van der Waals surface area contributed by atoms with Gasteiger partial charge in [0, 0.05) is 32.9 Å². The van der Waals surface area contributed by atoms with E-state index in [2.05, 4.69) is 17.9 Å². The van der Waals surface area contributed by atoms with Gasteiger partial charge >= 0.3 is 0 Å². The molecule has 0 bridgehead atoms. The molecule has 0 aromatic carbocycles. The molecule has 0 heterocycles. The van der Waals surface area contributed by atoms with Crippen molar-refractivity contribution in [2.75, 3.05) is 14.1 Å². The van der Waals surface area contributed by atoms with Crippen LogP contribution in [0.2, 0.25) is 0 Å². The smallest absolute Gasteiger partial charge is 0.222 e. The third kappa shape index (κ3) is 6.52. The number of nitrogens with zero attached hydrogens (tertiary/aromatic N) is 1. The minimum atomic E-state index is -0.486. The van der Waals surface area contributed by atoms with E-state index in [0.717, 1.165) is 32.1 Å². The number of allylic oxidation sites excluding steroid dienone is 2. The molecule has 2 aliphatic rings. The highest BCUT2D eigenvalue weighted by atomic mass is 16.3. The predicted molar refractivity (Wildman–Crippen MR) is 109 cm³/mol. The lowest BCUT2D eigenvalue weighted by Crippen LogP contribution is -2.21. The molecule has 2 rings (SSSR count). The van der Waals surface area contributed by atoms with Crippen LogP contribution in [0.4, 0.5) is 0 Å². The largest absolute Gasteiger partial charge is 0.392 e. The van der Waals surface area contributed by atoms with Crippen LogP contribution in [0.1, 0.15) is 58.3 Å². The molecule has 4 nitrogen and oxygen atoms in total. The highest BCUT2D eigenvalue weighted by Gasteiger charge is 2.43. The number of unbranched alkanes of at least 4 members (excludes halogenated alkanes) is 1. The summed E-state index contributed by atoms with van der Waals surface area (Å²) in [6.45, 7) is 1.81. The standard InChI is InChI=1S/C23H35NO3/c1-4-5-6-10-19(25)12-13-20-21-15-17(14-18(21)16-22(20)26)9-7-8-11-23(27)24(2)3/h12-14,18-22,25-26H,6-11,15-16H2,1-3H3/t18-,19-,20+,21-,22+/m0/s1. The average Bonchev–Trinajstić information content (AvgIpc) is 3.13. The molecule has 1 saturated carbocycles. The van der Waals surface area contributed by atoms with Gasteiger partial charge in [-0.3, -0.25) is 4.79 Å². The number of amides is 1. The van der Waals surface area contributed by atoms with E-state index in [4.69, 9.17) is 0 Å². The Balaban J connectivity index is 1.78. The van der Waals surface area contributed by atoms with E-state index in [1.165, 1.54) is 5.57 Å². The summed E-state index contributed by atoms with van der Waals surface area (Å²) in [5, 5.41) is 20.5. The zero-order valence-electron chi connectivity index (χ0n) is 17.0. The first-order valence-electron chi connectivity index (χ1n) is 10.3. The first kappa shape index (κ1) is 21.7. The molecular formula is C23H35NO3. The van der Waals surface area contributed by atoms with Crippen LogP contribution in [0.3, 0.4) is 0 Å². The summed E-state index contributed by atoms with van der Waals surface area (Å²) in [5.41, 5.74) is 1.48. The lowest BCUT2D eigenvalue weighted by molar-refractivity contribution is -0.128. The molecule has 0 spiro atoms. The fourth-order valence-corrected chi connectivity index (χ4v) is 4.34.